The summed E-state index contributed by atoms with van der Waals surface area (Å²) in [5, 5.41) is 13.9. The predicted molar refractivity (Wildman–Crippen MR) is 61.7 cm³/mol. The number of fused-ring (bicyclic) bond motifs is 1. The Labute approximate surface area is 97.9 Å². The van der Waals surface area contributed by atoms with Gasteiger partial charge in [0.15, 0.2) is 0 Å². The fourth-order valence-electron chi connectivity index (χ4n) is 2.00. The van der Waals surface area contributed by atoms with Crippen molar-refractivity contribution in [3.8, 4) is 0 Å². The molecule has 4 nitrogen and oxygen atoms in total. The van der Waals surface area contributed by atoms with Crippen LogP contribution in [0.4, 0.5) is 0 Å². The van der Waals surface area contributed by atoms with Crippen molar-refractivity contribution >= 4 is 17.1 Å². The molecule has 0 aromatic carbocycles. The van der Waals surface area contributed by atoms with E-state index in [0.717, 1.165) is 16.9 Å². The number of pyridine rings is 1. The average molecular weight is 238 g/mol. The number of rotatable bonds is 1. The van der Waals surface area contributed by atoms with E-state index in [9.17, 15) is 5.11 Å². The van der Waals surface area contributed by atoms with E-state index in [1.807, 2.05) is 23.6 Å². The summed E-state index contributed by atoms with van der Waals surface area (Å²) in [6.45, 7) is 3.06. The van der Waals surface area contributed by atoms with Gasteiger partial charge >= 0.3 is 0 Å². The van der Waals surface area contributed by atoms with Crippen LogP contribution in [0.15, 0.2) is 18.5 Å². The van der Waals surface area contributed by atoms with Gasteiger partial charge in [-0.1, -0.05) is 11.6 Å². The molecule has 1 aliphatic heterocycles. The monoisotopic (exact) mass is 237 g/mol. The van der Waals surface area contributed by atoms with Crippen LogP contribution in [0.5, 0.6) is 0 Å². The van der Waals surface area contributed by atoms with E-state index in [1.165, 1.54) is 0 Å². The Bertz CT molecular complexity index is 560. The lowest BCUT2D eigenvalue weighted by Crippen LogP contribution is -2.56. The highest BCUT2D eigenvalue weighted by molar-refractivity contribution is 6.33. The summed E-state index contributed by atoms with van der Waals surface area (Å²) >= 11 is 6.17. The number of halogens is 1. The van der Waals surface area contributed by atoms with Gasteiger partial charge in [0, 0.05) is 24.8 Å². The average Bonchev–Trinajstić information content (AvgIpc) is 2.58. The number of hydrogen-bond donors (Lipinski definition) is 2. The maximum atomic E-state index is 10.2. The molecule has 5 heteroatoms. The summed E-state index contributed by atoms with van der Waals surface area (Å²) in [5.41, 5.74) is 0.929. The standard InChI is InChI=1S/C11H12ClN3O/c1-7-14-3-10-9(12)2-8(4-15(7)10)11(16)5-13-6-11/h2-4,13,16H,5-6H2,1H3. The number of hydrogen-bond acceptors (Lipinski definition) is 3. The minimum atomic E-state index is -0.783. The Hall–Kier alpha value is -1.10. The first-order chi connectivity index (χ1) is 7.60. The molecule has 1 fully saturated rings. The van der Waals surface area contributed by atoms with Gasteiger partial charge in [-0.3, -0.25) is 0 Å². The molecular weight excluding hydrogens is 226 g/mol. The van der Waals surface area contributed by atoms with Crippen molar-refractivity contribution in [1.82, 2.24) is 14.7 Å². The minimum Gasteiger partial charge on any atom is -0.382 e. The molecule has 3 rings (SSSR count). The van der Waals surface area contributed by atoms with Crippen molar-refractivity contribution in [2.24, 2.45) is 0 Å². The molecule has 0 atom stereocenters. The summed E-state index contributed by atoms with van der Waals surface area (Å²) < 4.78 is 1.91. The molecule has 2 aromatic heterocycles. The van der Waals surface area contributed by atoms with Crippen LogP contribution in [0.3, 0.4) is 0 Å². The van der Waals surface area contributed by atoms with Crippen LogP contribution in [0.1, 0.15) is 11.4 Å². The third-order valence-electron chi connectivity index (χ3n) is 3.15. The fourth-order valence-corrected chi connectivity index (χ4v) is 2.26. The molecule has 1 saturated heterocycles. The molecule has 0 bridgehead atoms. The van der Waals surface area contributed by atoms with Crippen LogP contribution in [0, 0.1) is 6.92 Å². The van der Waals surface area contributed by atoms with Gasteiger partial charge < -0.3 is 14.8 Å². The molecule has 0 unspecified atom stereocenters. The largest absolute Gasteiger partial charge is 0.382 e. The van der Waals surface area contributed by atoms with Gasteiger partial charge in [-0.05, 0) is 13.0 Å². The SMILES string of the molecule is Cc1ncc2c(Cl)cc(C3(O)CNC3)cn12. The van der Waals surface area contributed by atoms with Gasteiger partial charge in [0.05, 0.1) is 16.7 Å². The van der Waals surface area contributed by atoms with Crippen molar-refractivity contribution in [2.75, 3.05) is 13.1 Å². The number of aromatic nitrogens is 2. The van der Waals surface area contributed by atoms with Gasteiger partial charge in [-0.25, -0.2) is 4.98 Å². The van der Waals surface area contributed by atoms with Crippen LogP contribution in [0.25, 0.3) is 5.52 Å². The highest BCUT2D eigenvalue weighted by atomic mass is 35.5. The zero-order chi connectivity index (χ0) is 11.3. The predicted octanol–water partition coefficient (Wildman–Crippen LogP) is 1.09. The first-order valence-electron chi connectivity index (χ1n) is 5.17. The van der Waals surface area contributed by atoms with E-state index in [1.54, 1.807) is 6.20 Å². The Morgan fingerprint density at radius 1 is 1.56 bits per heavy atom. The van der Waals surface area contributed by atoms with Gasteiger partial charge in [0.2, 0.25) is 0 Å². The van der Waals surface area contributed by atoms with Crippen molar-refractivity contribution in [1.29, 1.82) is 0 Å². The molecule has 3 heterocycles. The Morgan fingerprint density at radius 3 is 2.94 bits per heavy atom. The van der Waals surface area contributed by atoms with Crippen molar-refractivity contribution in [3.63, 3.8) is 0 Å². The Kier molecular flexibility index (Phi) is 2.01. The summed E-state index contributed by atoms with van der Waals surface area (Å²) in [6, 6.07) is 1.82. The van der Waals surface area contributed by atoms with Gasteiger partial charge in [0.25, 0.3) is 0 Å². The van der Waals surface area contributed by atoms with Crippen LogP contribution in [-0.2, 0) is 5.60 Å². The van der Waals surface area contributed by atoms with Crippen LogP contribution >= 0.6 is 11.6 Å². The molecule has 16 heavy (non-hydrogen) atoms. The molecule has 2 N–H and O–H groups in total. The summed E-state index contributed by atoms with van der Waals surface area (Å²) in [6.07, 6.45) is 3.65. The second-order valence-corrected chi connectivity index (χ2v) is 4.68. The van der Waals surface area contributed by atoms with E-state index in [0.29, 0.717) is 18.1 Å². The van der Waals surface area contributed by atoms with Crippen LogP contribution in [0.2, 0.25) is 5.02 Å². The molecular formula is C11H12ClN3O. The molecule has 84 valence electrons. The van der Waals surface area contributed by atoms with E-state index in [2.05, 4.69) is 10.3 Å². The zero-order valence-electron chi connectivity index (χ0n) is 8.87. The van der Waals surface area contributed by atoms with Crippen LogP contribution < -0.4 is 5.32 Å². The van der Waals surface area contributed by atoms with E-state index >= 15 is 0 Å². The molecule has 0 saturated carbocycles. The molecule has 1 aliphatic rings. The first kappa shape index (κ1) is 10.1. The quantitative estimate of drug-likeness (QED) is 0.781. The molecule has 0 amide bonds. The third kappa shape index (κ3) is 1.27. The van der Waals surface area contributed by atoms with Gasteiger partial charge in [-0.2, -0.15) is 0 Å². The molecule has 0 radical (unpaired) electrons. The minimum absolute atomic E-state index is 0.572. The smallest absolute Gasteiger partial charge is 0.116 e. The number of aliphatic hydroxyl groups is 1. The summed E-state index contributed by atoms with van der Waals surface area (Å²) in [4.78, 5) is 4.20. The maximum absolute atomic E-state index is 10.2. The highest BCUT2D eigenvalue weighted by Crippen LogP contribution is 2.29. The number of nitrogens with one attached hydrogen (secondary N) is 1. The lowest BCUT2D eigenvalue weighted by Gasteiger charge is -2.38. The zero-order valence-corrected chi connectivity index (χ0v) is 9.62. The first-order valence-corrected chi connectivity index (χ1v) is 5.55. The molecule has 2 aromatic rings. The number of nitrogens with zero attached hydrogens (tertiary/aromatic N) is 2. The van der Waals surface area contributed by atoms with E-state index in [-0.39, 0.29) is 0 Å². The Morgan fingerprint density at radius 2 is 2.31 bits per heavy atom. The van der Waals surface area contributed by atoms with Crippen molar-refractivity contribution in [3.05, 3.63) is 34.9 Å². The van der Waals surface area contributed by atoms with Crippen molar-refractivity contribution in [2.45, 2.75) is 12.5 Å². The van der Waals surface area contributed by atoms with Crippen LogP contribution in [-0.4, -0.2) is 27.6 Å². The summed E-state index contributed by atoms with van der Waals surface area (Å²) in [7, 11) is 0. The molecule has 0 spiro atoms. The maximum Gasteiger partial charge on any atom is 0.116 e. The second kappa shape index (κ2) is 3.20. The molecule has 0 aliphatic carbocycles. The lowest BCUT2D eigenvalue weighted by molar-refractivity contribution is -0.0150. The number of β-amino-alcohol motifs (C(OH)–C–C–N with tert-alkyl or cyclic N) is 1. The number of imidazole rings is 1. The fraction of sp³-hybridized carbons (Fsp3) is 0.364. The Balaban J connectivity index is 2.23. The van der Waals surface area contributed by atoms with E-state index < -0.39 is 5.60 Å². The van der Waals surface area contributed by atoms with Gasteiger partial charge in [-0.15, -0.1) is 0 Å². The summed E-state index contributed by atoms with van der Waals surface area (Å²) in [5.74, 6) is 0.870. The highest BCUT2D eigenvalue weighted by Gasteiger charge is 2.36. The number of aryl methyl sites for hydroxylation is 1. The second-order valence-electron chi connectivity index (χ2n) is 4.27. The topological polar surface area (TPSA) is 49.6 Å². The lowest BCUT2D eigenvalue weighted by atomic mass is 9.89. The van der Waals surface area contributed by atoms with E-state index in [4.69, 9.17) is 11.6 Å². The normalized spacial score (nSPS) is 18.7. The third-order valence-corrected chi connectivity index (χ3v) is 3.45. The van der Waals surface area contributed by atoms with Gasteiger partial charge in [0.1, 0.15) is 11.4 Å². The van der Waals surface area contributed by atoms with Crippen molar-refractivity contribution < 1.29 is 5.11 Å².